The van der Waals surface area contributed by atoms with Crippen LogP contribution in [0.15, 0.2) is 30.3 Å². The summed E-state index contributed by atoms with van der Waals surface area (Å²) in [6, 6.07) is 9.50. The van der Waals surface area contributed by atoms with Gasteiger partial charge in [0.2, 0.25) is 11.8 Å². The van der Waals surface area contributed by atoms with E-state index in [1.54, 1.807) is 0 Å². The first-order valence-corrected chi connectivity index (χ1v) is 10.1. The fraction of sp³-hybridized carbons (Fsp3) is 0.571. The predicted octanol–water partition coefficient (Wildman–Crippen LogP) is 2.93. The van der Waals surface area contributed by atoms with E-state index in [1.807, 2.05) is 30.3 Å². The van der Waals surface area contributed by atoms with Gasteiger partial charge in [-0.2, -0.15) is 0 Å². The number of carboxylic acids is 1. The van der Waals surface area contributed by atoms with Crippen LogP contribution < -0.4 is 16.0 Å². The lowest BCUT2D eigenvalue weighted by atomic mass is 10.2. The Bertz CT molecular complexity index is 578. The molecule has 1 aromatic rings. The van der Waals surface area contributed by atoms with Gasteiger partial charge in [0.1, 0.15) is 0 Å². The van der Waals surface area contributed by atoms with Crippen molar-refractivity contribution in [1.82, 2.24) is 10.6 Å². The number of carbonyl (C=O) groups is 3. The standard InChI is InChI=1S/C21H33N3O4/c25-19(13-14-21(27)28)23-17-9-3-8-16-22-15-7-2-6-12-20(26)24-18-10-4-1-5-11-18/h1,4-5,10-11,22H,2-3,6-9,12-17H2,(H,23,25)(H,24,26)(H,27,28). The van der Waals surface area contributed by atoms with Crippen LogP contribution in [0.4, 0.5) is 5.69 Å². The topological polar surface area (TPSA) is 108 Å². The summed E-state index contributed by atoms with van der Waals surface area (Å²) in [5.74, 6) is -1.08. The minimum absolute atomic E-state index is 0.0464. The smallest absolute Gasteiger partial charge is 0.303 e. The SMILES string of the molecule is O=C(O)CCC(=O)NCCCCCNCCCCCC(=O)Nc1ccccc1. The zero-order valence-electron chi connectivity index (χ0n) is 16.5. The Morgan fingerprint density at radius 1 is 0.714 bits per heavy atom. The number of aliphatic carboxylic acids is 1. The quantitative estimate of drug-likeness (QED) is 0.324. The maximum Gasteiger partial charge on any atom is 0.303 e. The van der Waals surface area contributed by atoms with E-state index in [9.17, 15) is 14.4 Å². The molecule has 0 fully saturated rings. The second-order valence-corrected chi connectivity index (χ2v) is 6.78. The number of amides is 2. The molecule has 0 spiro atoms. The molecule has 0 saturated carbocycles. The van der Waals surface area contributed by atoms with Crippen LogP contribution in [0.1, 0.15) is 57.8 Å². The second kappa shape index (κ2) is 15.6. The van der Waals surface area contributed by atoms with Gasteiger partial charge in [0.05, 0.1) is 6.42 Å². The minimum atomic E-state index is -0.948. The van der Waals surface area contributed by atoms with Crippen molar-refractivity contribution in [1.29, 1.82) is 0 Å². The Kier molecular flexibility index (Phi) is 13.2. The molecule has 1 rings (SSSR count). The zero-order valence-corrected chi connectivity index (χ0v) is 16.5. The molecule has 7 heteroatoms. The summed E-state index contributed by atoms with van der Waals surface area (Å²) < 4.78 is 0. The molecule has 0 aliphatic carbocycles. The third kappa shape index (κ3) is 13.7. The molecule has 0 aromatic heterocycles. The molecule has 28 heavy (non-hydrogen) atoms. The average molecular weight is 392 g/mol. The molecule has 4 N–H and O–H groups in total. The molecule has 0 radical (unpaired) electrons. The molecule has 0 atom stereocenters. The Labute approximate surface area is 167 Å². The largest absolute Gasteiger partial charge is 0.481 e. The van der Waals surface area contributed by atoms with Gasteiger partial charge in [0.25, 0.3) is 0 Å². The van der Waals surface area contributed by atoms with Crippen LogP contribution >= 0.6 is 0 Å². The van der Waals surface area contributed by atoms with Crippen molar-refractivity contribution in [2.75, 3.05) is 25.0 Å². The Balaban J connectivity index is 1.82. The summed E-state index contributed by atoms with van der Waals surface area (Å²) >= 11 is 0. The van der Waals surface area contributed by atoms with E-state index in [0.717, 1.165) is 57.3 Å². The van der Waals surface area contributed by atoms with Crippen LogP contribution in [-0.4, -0.2) is 42.5 Å². The molecule has 0 aliphatic heterocycles. The van der Waals surface area contributed by atoms with Crippen LogP contribution in [0.2, 0.25) is 0 Å². The van der Waals surface area contributed by atoms with Crippen molar-refractivity contribution < 1.29 is 19.5 Å². The first-order chi connectivity index (χ1) is 13.6. The van der Waals surface area contributed by atoms with E-state index in [0.29, 0.717) is 13.0 Å². The summed E-state index contributed by atoms with van der Waals surface area (Å²) in [6.45, 7) is 2.50. The van der Waals surface area contributed by atoms with Gasteiger partial charge in [-0.05, 0) is 50.9 Å². The Morgan fingerprint density at radius 3 is 2.04 bits per heavy atom. The monoisotopic (exact) mass is 391 g/mol. The van der Waals surface area contributed by atoms with E-state index in [4.69, 9.17) is 5.11 Å². The number of anilines is 1. The number of unbranched alkanes of at least 4 members (excludes halogenated alkanes) is 4. The summed E-state index contributed by atoms with van der Waals surface area (Å²) in [5, 5.41) is 17.5. The highest BCUT2D eigenvalue weighted by Gasteiger charge is 2.04. The third-order valence-electron chi connectivity index (χ3n) is 4.23. The van der Waals surface area contributed by atoms with E-state index < -0.39 is 5.97 Å². The van der Waals surface area contributed by atoms with Gasteiger partial charge in [-0.3, -0.25) is 14.4 Å². The van der Waals surface area contributed by atoms with Crippen molar-refractivity contribution >= 4 is 23.5 Å². The first kappa shape index (κ1) is 23.6. The maximum absolute atomic E-state index is 11.8. The van der Waals surface area contributed by atoms with Crippen molar-refractivity contribution in [3.63, 3.8) is 0 Å². The van der Waals surface area contributed by atoms with Crippen molar-refractivity contribution in [2.45, 2.75) is 57.8 Å². The van der Waals surface area contributed by atoms with Crippen molar-refractivity contribution in [3.05, 3.63) is 30.3 Å². The van der Waals surface area contributed by atoms with E-state index in [2.05, 4.69) is 16.0 Å². The van der Waals surface area contributed by atoms with Crippen LogP contribution in [0.3, 0.4) is 0 Å². The van der Waals surface area contributed by atoms with E-state index >= 15 is 0 Å². The Morgan fingerprint density at radius 2 is 1.36 bits per heavy atom. The second-order valence-electron chi connectivity index (χ2n) is 6.78. The lowest BCUT2D eigenvalue weighted by molar-refractivity contribution is -0.138. The number of hydrogen-bond acceptors (Lipinski definition) is 4. The molecule has 156 valence electrons. The number of benzene rings is 1. The number of hydrogen-bond donors (Lipinski definition) is 4. The van der Waals surface area contributed by atoms with Crippen LogP contribution in [0.5, 0.6) is 0 Å². The van der Waals surface area contributed by atoms with Gasteiger partial charge in [0.15, 0.2) is 0 Å². The lowest BCUT2D eigenvalue weighted by Gasteiger charge is -2.07. The predicted molar refractivity (Wildman–Crippen MR) is 110 cm³/mol. The molecule has 1 aromatic carbocycles. The average Bonchev–Trinajstić information content (AvgIpc) is 2.68. The minimum Gasteiger partial charge on any atom is -0.481 e. The third-order valence-corrected chi connectivity index (χ3v) is 4.23. The van der Waals surface area contributed by atoms with Gasteiger partial charge >= 0.3 is 5.97 Å². The fourth-order valence-electron chi connectivity index (χ4n) is 2.67. The van der Waals surface area contributed by atoms with E-state index in [-0.39, 0.29) is 24.7 Å². The molecule has 0 saturated heterocycles. The molecule has 2 amide bonds. The van der Waals surface area contributed by atoms with Crippen molar-refractivity contribution in [3.8, 4) is 0 Å². The van der Waals surface area contributed by atoms with Gasteiger partial charge in [-0.15, -0.1) is 0 Å². The summed E-state index contributed by atoms with van der Waals surface area (Å²) in [5.41, 5.74) is 0.842. The summed E-state index contributed by atoms with van der Waals surface area (Å²) in [6.07, 6.45) is 6.41. The lowest BCUT2D eigenvalue weighted by Crippen LogP contribution is -2.25. The fourth-order valence-corrected chi connectivity index (χ4v) is 2.67. The molecule has 0 unspecified atom stereocenters. The zero-order chi connectivity index (χ0) is 20.5. The molecule has 7 nitrogen and oxygen atoms in total. The highest BCUT2D eigenvalue weighted by Crippen LogP contribution is 2.07. The summed E-state index contributed by atoms with van der Waals surface area (Å²) in [7, 11) is 0. The number of para-hydroxylation sites is 1. The van der Waals surface area contributed by atoms with Gasteiger partial charge in [0, 0.05) is 25.1 Å². The molecule has 0 aliphatic rings. The molecule has 0 heterocycles. The highest BCUT2D eigenvalue weighted by atomic mass is 16.4. The highest BCUT2D eigenvalue weighted by molar-refractivity contribution is 5.90. The number of carboxylic acid groups (broad SMARTS) is 1. The molecular weight excluding hydrogens is 358 g/mol. The number of rotatable bonds is 16. The number of nitrogens with one attached hydrogen (secondary N) is 3. The van der Waals surface area contributed by atoms with Crippen LogP contribution in [-0.2, 0) is 14.4 Å². The van der Waals surface area contributed by atoms with Crippen LogP contribution in [0.25, 0.3) is 0 Å². The van der Waals surface area contributed by atoms with Gasteiger partial charge in [-0.1, -0.05) is 31.0 Å². The van der Waals surface area contributed by atoms with E-state index in [1.165, 1.54) is 0 Å². The first-order valence-electron chi connectivity index (χ1n) is 10.1. The molecule has 0 bridgehead atoms. The maximum atomic E-state index is 11.8. The van der Waals surface area contributed by atoms with Gasteiger partial charge < -0.3 is 21.1 Å². The Hall–Kier alpha value is -2.41. The summed E-state index contributed by atoms with van der Waals surface area (Å²) in [4.78, 5) is 33.5. The van der Waals surface area contributed by atoms with Gasteiger partial charge in [-0.25, -0.2) is 0 Å². The normalized spacial score (nSPS) is 10.4. The van der Waals surface area contributed by atoms with Crippen LogP contribution in [0, 0.1) is 0 Å². The number of carbonyl (C=O) groups excluding carboxylic acids is 2. The van der Waals surface area contributed by atoms with Crippen molar-refractivity contribution in [2.24, 2.45) is 0 Å². The molecular formula is C21H33N3O4.